The second-order valence-electron chi connectivity index (χ2n) is 6.20. The number of benzene rings is 1. The summed E-state index contributed by atoms with van der Waals surface area (Å²) >= 11 is 1.19. The Hall–Kier alpha value is -3.01. The summed E-state index contributed by atoms with van der Waals surface area (Å²) in [6.07, 6.45) is 0. The van der Waals surface area contributed by atoms with Gasteiger partial charge in [-0.3, -0.25) is 19.3 Å². The molecule has 0 aliphatic carbocycles. The second kappa shape index (κ2) is 7.31. The van der Waals surface area contributed by atoms with E-state index >= 15 is 0 Å². The Morgan fingerprint density at radius 1 is 1.19 bits per heavy atom. The van der Waals surface area contributed by atoms with Crippen molar-refractivity contribution < 1.29 is 9.72 Å². The number of thioether (sulfide) groups is 1. The molecule has 10 heteroatoms. The number of nitrogens with zero attached hydrogens (tertiary/aromatic N) is 5. The lowest BCUT2D eigenvalue weighted by molar-refractivity contribution is -0.384. The number of carbonyl (C=O) groups is 1. The lowest BCUT2D eigenvalue weighted by atomic mass is 10.1. The minimum absolute atomic E-state index is 0.0399. The van der Waals surface area contributed by atoms with Crippen LogP contribution in [0.15, 0.2) is 23.4 Å². The standard InChI is InChI=1S/C17H18N6O3S/c1-9-5-13(14(23(25)26)6-10(9)2)19-15(24)8-27-17-21-20-16-18-11(3)7-12(4)22(16)17/h5-7H,8H2,1-4H3,(H,19,24). The van der Waals surface area contributed by atoms with E-state index in [2.05, 4.69) is 20.5 Å². The van der Waals surface area contributed by atoms with Gasteiger partial charge in [0.1, 0.15) is 5.69 Å². The van der Waals surface area contributed by atoms with Gasteiger partial charge in [0.2, 0.25) is 5.91 Å². The molecule has 2 aromatic heterocycles. The summed E-state index contributed by atoms with van der Waals surface area (Å²) in [7, 11) is 0. The van der Waals surface area contributed by atoms with Crippen molar-refractivity contribution in [2.45, 2.75) is 32.9 Å². The summed E-state index contributed by atoms with van der Waals surface area (Å²) in [6.45, 7) is 7.41. The smallest absolute Gasteiger partial charge is 0.293 e. The fourth-order valence-corrected chi connectivity index (χ4v) is 3.45. The highest BCUT2D eigenvalue weighted by molar-refractivity contribution is 7.99. The summed E-state index contributed by atoms with van der Waals surface area (Å²) in [5.41, 5.74) is 3.47. The summed E-state index contributed by atoms with van der Waals surface area (Å²) in [4.78, 5) is 27.4. The van der Waals surface area contributed by atoms with E-state index in [4.69, 9.17) is 0 Å². The van der Waals surface area contributed by atoms with Crippen molar-refractivity contribution in [3.63, 3.8) is 0 Å². The van der Waals surface area contributed by atoms with Gasteiger partial charge in [0.25, 0.3) is 11.5 Å². The highest BCUT2D eigenvalue weighted by Gasteiger charge is 2.18. The molecule has 1 amide bonds. The van der Waals surface area contributed by atoms with Crippen molar-refractivity contribution in [2.24, 2.45) is 0 Å². The summed E-state index contributed by atoms with van der Waals surface area (Å²) < 4.78 is 1.77. The van der Waals surface area contributed by atoms with Crippen LogP contribution in [-0.4, -0.2) is 36.2 Å². The van der Waals surface area contributed by atoms with E-state index in [9.17, 15) is 14.9 Å². The van der Waals surface area contributed by atoms with Crippen LogP contribution in [0.3, 0.4) is 0 Å². The maximum Gasteiger partial charge on any atom is 0.293 e. The van der Waals surface area contributed by atoms with E-state index in [1.807, 2.05) is 26.8 Å². The molecular formula is C17H18N6O3S. The molecule has 0 radical (unpaired) electrons. The molecule has 0 bridgehead atoms. The molecule has 27 heavy (non-hydrogen) atoms. The third kappa shape index (κ3) is 3.90. The van der Waals surface area contributed by atoms with Crippen LogP contribution in [0, 0.1) is 37.8 Å². The van der Waals surface area contributed by atoms with E-state index in [-0.39, 0.29) is 23.0 Å². The monoisotopic (exact) mass is 386 g/mol. The zero-order chi connectivity index (χ0) is 19.7. The molecule has 0 aliphatic rings. The first-order valence-electron chi connectivity index (χ1n) is 8.14. The third-order valence-electron chi connectivity index (χ3n) is 4.08. The van der Waals surface area contributed by atoms with Crippen molar-refractivity contribution in [2.75, 3.05) is 11.1 Å². The van der Waals surface area contributed by atoms with Gasteiger partial charge in [0.05, 0.1) is 10.7 Å². The number of anilines is 1. The van der Waals surface area contributed by atoms with Crippen molar-refractivity contribution in [1.82, 2.24) is 19.6 Å². The number of carbonyl (C=O) groups excluding carboxylic acids is 1. The number of aryl methyl sites for hydroxylation is 4. The SMILES string of the molecule is Cc1cc(C)n2c(SCC(=O)Nc3cc(C)c(C)cc3[N+](=O)[O-])nnc2n1. The van der Waals surface area contributed by atoms with Gasteiger partial charge in [-0.2, -0.15) is 0 Å². The molecule has 1 N–H and O–H groups in total. The molecule has 0 aliphatic heterocycles. The van der Waals surface area contributed by atoms with Crippen LogP contribution < -0.4 is 5.32 Å². The normalized spacial score (nSPS) is 11.0. The van der Waals surface area contributed by atoms with Crippen LogP contribution in [-0.2, 0) is 4.79 Å². The minimum atomic E-state index is -0.501. The third-order valence-corrected chi connectivity index (χ3v) is 5.01. The van der Waals surface area contributed by atoms with Crippen molar-refractivity contribution in [1.29, 1.82) is 0 Å². The molecule has 0 saturated heterocycles. The van der Waals surface area contributed by atoms with E-state index in [0.29, 0.717) is 10.9 Å². The number of hydrogen-bond acceptors (Lipinski definition) is 7. The van der Waals surface area contributed by atoms with Crippen LogP contribution in [0.1, 0.15) is 22.5 Å². The van der Waals surface area contributed by atoms with Crippen molar-refractivity contribution in [3.05, 3.63) is 50.8 Å². The predicted molar refractivity (Wildman–Crippen MR) is 102 cm³/mol. The number of rotatable bonds is 5. The van der Waals surface area contributed by atoms with Gasteiger partial charge in [0.15, 0.2) is 5.16 Å². The molecule has 0 spiro atoms. The van der Waals surface area contributed by atoms with Crippen molar-refractivity contribution in [3.8, 4) is 0 Å². The lowest BCUT2D eigenvalue weighted by Gasteiger charge is -2.09. The van der Waals surface area contributed by atoms with Gasteiger partial charge in [-0.25, -0.2) is 4.98 Å². The number of amides is 1. The lowest BCUT2D eigenvalue weighted by Crippen LogP contribution is -2.16. The fraction of sp³-hybridized carbons (Fsp3) is 0.294. The van der Waals surface area contributed by atoms with Gasteiger partial charge in [-0.1, -0.05) is 11.8 Å². The largest absolute Gasteiger partial charge is 0.320 e. The Morgan fingerprint density at radius 3 is 2.59 bits per heavy atom. The number of nitrogens with one attached hydrogen (secondary N) is 1. The highest BCUT2D eigenvalue weighted by Crippen LogP contribution is 2.28. The maximum atomic E-state index is 12.3. The molecule has 0 unspecified atom stereocenters. The van der Waals surface area contributed by atoms with Crippen molar-refractivity contribution >= 4 is 34.8 Å². The number of nitro groups is 1. The van der Waals surface area contributed by atoms with Crippen LogP contribution in [0.25, 0.3) is 5.78 Å². The summed E-state index contributed by atoms with van der Waals surface area (Å²) in [5.74, 6) is 0.152. The first-order valence-corrected chi connectivity index (χ1v) is 9.12. The molecule has 0 atom stereocenters. The van der Waals surface area contributed by atoms with Crippen LogP contribution in [0.4, 0.5) is 11.4 Å². The van der Waals surface area contributed by atoms with Gasteiger partial charge >= 0.3 is 0 Å². The molecule has 0 saturated carbocycles. The van der Waals surface area contributed by atoms with Gasteiger partial charge < -0.3 is 5.32 Å². The Bertz CT molecular complexity index is 1060. The molecule has 1 aromatic carbocycles. The molecule has 3 rings (SSSR count). The molecule has 140 valence electrons. The summed E-state index contributed by atoms with van der Waals surface area (Å²) in [6, 6.07) is 4.97. The number of fused-ring (bicyclic) bond motifs is 1. The minimum Gasteiger partial charge on any atom is -0.320 e. The quantitative estimate of drug-likeness (QED) is 0.407. The molecule has 9 nitrogen and oxygen atoms in total. The maximum absolute atomic E-state index is 12.3. The predicted octanol–water partition coefficient (Wildman–Crippen LogP) is 3.00. The molecule has 2 heterocycles. The highest BCUT2D eigenvalue weighted by atomic mass is 32.2. The van der Waals surface area contributed by atoms with E-state index < -0.39 is 4.92 Å². The average Bonchev–Trinajstić information content (AvgIpc) is 2.99. The first-order chi connectivity index (χ1) is 12.8. The molecule has 0 fully saturated rings. The first kappa shape index (κ1) is 18.8. The van der Waals surface area contributed by atoms with Crippen LogP contribution >= 0.6 is 11.8 Å². The Labute approximate surface area is 159 Å². The average molecular weight is 386 g/mol. The van der Waals surface area contributed by atoms with Crippen LogP contribution in [0.2, 0.25) is 0 Å². The van der Waals surface area contributed by atoms with E-state index in [1.54, 1.807) is 17.4 Å². The van der Waals surface area contributed by atoms with Gasteiger partial charge in [-0.15, -0.1) is 10.2 Å². The topological polar surface area (TPSA) is 115 Å². The van der Waals surface area contributed by atoms with E-state index in [1.165, 1.54) is 17.8 Å². The van der Waals surface area contributed by atoms with E-state index in [0.717, 1.165) is 22.5 Å². The van der Waals surface area contributed by atoms with Crippen LogP contribution in [0.5, 0.6) is 0 Å². The zero-order valence-corrected chi connectivity index (χ0v) is 16.1. The molecule has 3 aromatic rings. The fourth-order valence-electron chi connectivity index (χ4n) is 2.66. The number of hydrogen-bond donors (Lipinski definition) is 1. The number of aromatic nitrogens is 4. The Balaban J connectivity index is 1.76. The molecular weight excluding hydrogens is 368 g/mol. The Morgan fingerprint density at radius 2 is 1.89 bits per heavy atom. The van der Waals surface area contributed by atoms with Gasteiger partial charge in [-0.05, 0) is 51.0 Å². The summed E-state index contributed by atoms with van der Waals surface area (Å²) in [5, 5.41) is 22.5. The zero-order valence-electron chi connectivity index (χ0n) is 15.3. The Kier molecular flexibility index (Phi) is 5.08. The number of nitro benzene ring substituents is 1. The van der Waals surface area contributed by atoms with Gasteiger partial charge in [0, 0.05) is 17.5 Å². The second-order valence-corrected chi connectivity index (χ2v) is 7.15.